The number of ether oxygens (including phenoxy) is 1. The number of halogens is 3. The van der Waals surface area contributed by atoms with E-state index < -0.39 is 23.1 Å². The van der Waals surface area contributed by atoms with Gasteiger partial charge >= 0.3 is 11.9 Å². The van der Waals surface area contributed by atoms with E-state index in [-0.39, 0.29) is 6.61 Å². The van der Waals surface area contributed by atoms with Crippen LogP contribution in [-0.2, 0) is 16.0 Å². The predicted octanol–water partition coefficient (Wildman–Crippen LogP) is 3.58. The third-order valence-corrected chi connectivity index (χ3v) is 3.00. The van der Waals surface area contributed by atoms with E-state index in [1.807, 2.05) is 30.3 Å². The molecule has 0 bridgehead atoms. The lowest BCUT2D eigenvalue weighted by molar-refractivity contribution is -0.172. The highest BCUT2D eigenvalue weighted by Gasteiger charge is 2.42. The number of carbonyl (C=O) groups excluding carboxylic acids is 1. The van der Waals surface area contributed by atoms with E-state index >= 15 is 0 Å². The summed E-state index contributed by atoms with van der Waals surface area (Å²) >= 11 is 3.18. The molecule has 1 aromatic rings. The van der Waals surface area contributed by atoms with Crippen molar-refractivity contribution < 1.29 is 18.3 Å². The zero-order valence-electron chi connectivity index (χ0n) is 10.0. The molecule has 0 saturated carbocycles. The van der Waals surface area contributed by atoms with Crippen molar-refractivity contribution in [3.05, 3.63) is 35.9 Å². The van der Waals surface area contributed by atoms with Gasteiger partial charge in [0.25, 0.3) is 0 Å². The summed E-state index contributed by atoms with van der Waals surface area (Å²) in [5, 5.41) is 0. The van der Waals surface area contributed by atoms with Crippen molar-refractivity contribution >= 4 is 21.9 Å². The third-order valence-electron chi connectivity index (χ3n) is 2.35. The second-order valence-corrected chi connectivity index (χ2v) is 5.21. The summed E-state index contributed by atoms with van der Waals surface area (Å²) in [7, 11) is 0. The molecule has 0 aliphatic heterocycles. The molecule has 0 saturated heterocycles. The van der Waals surface area contributed by atoms with E-state index in [1.54, 1.807) is 0 Å². The highest BCUT2D eigenvalue weighted by atomic mass is 79.9. The Morgan fingerprint density at radius 2 is 2.00 bits per heavy atom. The van der Waals surface area contributed by atoms with E-state index in [9.17, 15) is 13.6 Å². The topological polar surface area (TPSA) is 26.3 Å². The number of rotatable bonds is 6. The molecule has 0 aliphatic rings. The zero-order valence-corrected chi connectivity index (χ0v) is 11.6. The molecule has 0 aromatic heterocycles. The fourth-order valence-corrected chi connectivity index (χ4v) is 2.32. The number of hydrogen-bond acceptors (Lipinski definition) is 2. The molecule has 0 radical (unpaired) electrons. The van der Waals surface area contributed by atoms with Crippen molar-refractivity contribution in [1.29, 1.82) is 0 Å². The first-order valence-electron chi connectivity index (χ1n) is 5.68. The monoisotopic (exact) mass is 320 g/mol. The van der Waals surface area contributed by atoms with E-state index in [2.05, 4.69) is 20.7 Å². The average Bonchev–Trinajstić information content (AvgIpc) is 2.29. The normalized spacial score (nSPS) is 13.1. The lowest BCUT2D eigenvalue weighted by atomic mass is 10.1. The molecular formula is C13H15BrF2O2. The Hall–Kier alpha value is -0.970. The average molecular weight is 321 g/mol. The molecule has 0 spiro atoms. The first kappa shape index (κ1) is 15.1. The van der Waals surface area contributed by atoms with Gasteiger partial charge in [-0.2, -0.15) is 8.78 Å². The van der Waals surface area contributed by atoms with Gasteiger partial charge in [0.1, 0.15) is 0 Å². The Labute approximate surface area is 113 Å². The van der Waals surface area contributed by atoms with Crippen LogP contribution in [0.3, 0.4) is 0 Å². The summed E-state index contributed by atoms with van der Waals surface area (Å²) in [4.78, 5) is 10.6. The number of esters is 1. The van der Waals surface area contributed by atoms with Crippen LogP contribution in [0, 0.1) is 0 Å². The second-order valence-electron chi connectivity index (χ2n) is 3.92. The van der Waals surface area contributed by atoms with Gasteiger partial charge in [-0.1, -0.05) is 46.3 Å². The van der Waals surface area contributed by atoms with Crippen molar-refractivity contribution in [1.82, 2.24) is 0 Å². The maximum Gasteiger partial charge on any atom is 0.377 e. The molecule has 1 atom stereocenters. The summed E-state index contributed by atoms with van der Waals surface area (Å²) in [6, 6.07) is 9.27. The number of carbonyl (C=O) groups is 1. The van der Waals surface area contributed by atoms with Gasteiger partial charge in [-0.25, -0.2) is 4.79 Å². The van der Waals surface area contributed by atoms with Gasteiger partial charge in [-0.05, 0) is 18.9 Å². The SMILES string of the molecule is CCOC(=O)C(F)(F)CC(Br)Cc1ccccc1. The molecule has 1 aromatic carbocycles. The molecule has 0 N–H and O–H groups in total. The van der Waals surface area contributed by atoms with Gasteiger partial charge in [0.2, 0.25) is 0 Å². The second kappa shape index (κ2) is 6.83. The van der Waals surface area contributed by atoms with Crippen LogP contribution in [0.4, 0.5) is 8.78 Å². The summed E-state index contributed by atoms with van der Waals surface area (Å²) in [6.45, 7) is 1.46. The largest absolute Gasteiger partial charge is 0.462 e. The highest BCUT2D eigenvalue weighted by molar-refractivity contribution is 9.09. The van der Waals surface area contributed by atoms with Crippen molar-refractivity contribution in [2.24, 2.45) is 0 Å². The van der Waals surface area contributed by atoms with Crippen LogP contribution in [0.5, 0.6) is 0 Å². The van der Waals surface area contributed by atoms with Crippen LogP contribution in [0.25, 0.3) is 0 Å². The van der Waals surface area contributed by atoms with Gasteiger partial charge in [0, 0.05) is 11.2 Å². The molecule has 0 fully saturated rings. The first-order chi connectivity index (χ1) is 8.45. The third kappa shape index (κ3) is 4.72. The first-order valence-corrected chi connectivity index (χ1v) is 6.60. The Bertz CT molecular complexity index is 382. The van der Waals surface area contributed by atoms with E-state index in [0.29, 0.717) is 6.42 Å². The maximum atomic E-state index is 13.5. The van der Waals surface area contributed by atoms with Gasteiger partial charge in [0.05, 0.1) is 6.61 Å². The minimum absolute atomic E-state index is 0.0416. The molecule has 1 rings (SSSR count). The molecule has 0 aliphatic carbocycles. The van der Waals surface area contributed by atoms with Crippen molar-refractivity contribution in [2.75, 3.05) is 6.61 Å². The standard InChI is InChI=1S/C13H15BrF2O2/c1-2-18-12(17)13(15,16)9-11(14)8-10-6-4-3-5-7-10/h3-7,11H,2,8-9H2,1H3. The van der Waals surface area contributed by atoms with Crippen molar-refractivity contribution in [2.45, 2.75) is 30.5 Å². The highest BCUT2D eigenvalue weighted by Crippen LogP contribution is 2.27. The van der Waals surface area contributed by atoms with Crippen LogP contribution in [0.2, 0.25) is 0 Å². The molecular weight excluding hydrogens is 306 g/mol. The van der Waals surface area contributed by atoms with Gasteiger partial charge in [0.15, 0.2) is 0 Å². The lowest BCUT2D eigenvalue weighted by Gasteiger charge is -2.18. The summed E-state index contributed by atoms with van der Waals surface area (Å²) < 4.78 is 31.3. The van der Waals surface area contributed by atoms with Gasteiger partial charge in [-0.3, -0.25) is 0 Å². The molecule has 5 heteroatoms. The summed E-state index contributed by atoms with van der Waals surface area (Å²) in [5.41, 5.74) is 0.944. The smallest absolute Gasteiger partial charge is 0.377 e. The van der Waals surface area contributed by atoms with Crippen LogP contribution < -0.4 is 0 Å². The van der Waals surface area contributed by atoms with Crippen LogP contribution in [0.15, 0.2) is 30.3 Å². The Balaban J connectivity index is 2.53. The number of benzene rings is 1. The molecule has 0 amide bonds. The molecule has 1 unspecified atom stereocenters. The van der Waals surface area contributed by atoms with Crippen LogP contribution in [-0.4, -0.2) is 23.3 Å². The van der Waals surface area contributed by atoms with Crippen molar-refractivity contribution in [3.63, 3.8) is 0 Å². The summed E-state index contributed by atoms with van der Waals surface area (Å²) in [5.74, 6) is -4.90. The zero-order chi connectivity index (χ0) is 13.6. The maximum absolute atomic E-state index is 13.5. The van der Waals surface area contributed by atoms with E-state index in [4.69, 9.17) is 0 Å². The van der Waals surface area contributed by atoms with Crippen LogP contribution in [0.1, 0.15) is 18.9 Å². The molecule has 100 valence electrons. The Morgan fingerprint density at radius 3 is 2.56 bits per heavy atom. The minimum atomic E-state index is -3.45. The Kier molecular flexibility index (Phi) is 5.72. The lowest BCUT2D eigenvalue weighted by Crippen LogP contribution is -2.33. The fourth-order valence-electron chi connectivity index (χ4n) is 1.54. The fraction of sp³-hybridized carbons (Fsp3) is 0.462. The molecule has 2 nitrogen and oxygen atoms in total. The van der Waals surface area contributed by atoms with E-state index in [0.717, 1.165) is 5.56 Å². The number of hydrogen-bond donors (Lipinski definition) is 0. The molecule has 0 heterocycles. The van der Waals surface area contributed by atoms with Gasteiger partial charge < -0.3 is 4.74 Å². The predicted molar refractivity (Wildman–Crippen MR) is 69.1 cm³/mol. The summed E-state index contributed by atoms with van der Waals surface area (Å²) in [6.07, 6.45) is -0.128. The van der Waals surface area contributed by atoms with Crippen molar-refractivity contribution in [3.8, 4) is 0 Å². The van der Waals surface area contributed by atoms with Crippen LogP contribution >= 0.6 is 15.9 Å². The number of alkyl halides is 3. The minimum Gasteiger partial charge on any atom is -0.462 e. The van der Waals surface area contributed by atoms with E-state index in [1.165, 1.54) is 6.92 Å². The van der Waals surface area contributed by atoms with Gasteiger partial charge in [-0.15, -0.1) is 0 Å². The molecule has 18 heavy (non-hydrogen) atoms. The quantitative estimate of drug-likeness (QED) is 0.591. The Morgan fingerprint density at radius 1 is 1.39 bits per heavy atom.